The maximum atomic E-state index is 12.4. The van der Waals surface area contributed by atoms with E-state index >= 15 is 0 Å². The van der Waals surface area contributed by atoms with E-state index in [1.165, 1.54) is 4.90 Å². The quantitative estimate of drug-likeness (QED) is 0.624. The molecule has 3 aromatic heterocycles. The van der Waals surface area contributed by atoms with Gasteiger partial charge >= 0.3 is 6.09 Å². The van der Waals surface area contributed by atoms with Crippen LogP contribution in [0.4, 0.5) is 10.6 Å². The molecular weight excluding hydrogens is 446 g/mol. The highest BCUT2D eigenvalue weighted by Gasteiger charge is 2.38. The van der Waals surface area contributed by atoms with Gasteiger partial charge in [0.1, 0.15) is 10.8 Å². The Balaban J connectivity index is 1.42. The van der Waals surface area contributed by atoms with Gasteiger partial charge in [0, 0.05) is 37.1 Å². The Hall–Kier alpha value is -2.85. The highest BCUT2D eigenvalue weighted by molar-refractivity contribution is 6.29. The highest BCUT2D eigenvalue weighted by atomic mass is 35.5. The minimum atomic E-state index is -0.749. The molecule has 176 valence electrons. The van der Waals surface area contributed by atoms with Gasteiger partial charge in [0.15, 0.2) is 11.5 Å². The van der Waals surface area contributed by atoms with Crippen molar-refractivity contribution in [1.29, 1.82) is 0 Å². The standard InChI is InChI=1S/C22H28ClN7O3/c1-13-5-6-28(13)20-19-24-8-18(23)29(19)10-15(26-20)14-7-25-30(9-14)16-11-27(12-17(16)31)21(32)33-22(2,3)4/h7-10,13,16-17,31H,5-6,11-12H2,1-4H3/t13-,16+,17+/m0/s1. The summed E-state index contributed by atoms with van der Waals surface area (Å²) in [6.07, 6.45) is 6.95. The minimum absolute atomic E-state index is 0.195. The largest absolute Gasteiger partial charge is 0.444 e. The number of β-amino-alcohol motifs (C(OH)–C–C–N with tert-alkyl or cyclic N) is 1. The van der Waals surface area contributed by atoms with Crippen molar-refractivity contribution >= 4 is 29.2 Å². The summed E-state index contributed by atoms with van der Waals surface area (Å²) in [6, 6.07) is 0.0175. The molecule has 5 rings (SSSR count). The predicted molar refractivity (Wildman–Crippen MR) is 123 cm³/mol. The topological polar surface area (TPSA) is 101 Å². The van der Waals surface area contributed by atoms with Crippen molar-refractivity contribution in [2.75, 3.05) is 24.5 Å². The third-order valence-electron chi connectivity index (χ3n) is 6.17. The van der Waals surface area contributed by atoms with Gasteiger partial charge in [-0.3, -0.25) is 9.08 Å². The Bertz CT molecular complexity index is 1200. The van der Waals surface area contributed by atoms with Crippen LogP contribution in [0.2, 0.25) is 5.15 Å². The van der Waals surface area contributed by atoms with Crippen molar-refractivity contribution in [3.8, 4) is 11.3 Å². The van der Waals surface area contributed by atoms with Crippen LogP contribution in [-0.2, 0) is 4.74 Å². The molecule has 0 aromatic carbocycles. The molecule has 10 nitrogen and oxygen atoms in total. The molecule has 0 spiro atoms. The lowest BCUT2D eigenvalue weighted by molar-refractivity contribution is 0.0269. The monoisotopic (exact) mass is 473 g/mol. The average Bonchev–Trinajstić information content (AvgIpc) is 3.44. The molecule has 0 saturated carbocycles. The lowest BCUT2D eigenvalue weighted by Gasteiger charge is -2.39. The zero-order valence-corrected chi connectivity index (χ0v) is 19.9. The lowest BCUT2D eigenvalue weighted by atomic mass is 10.1. The molecule has 33 heavy (non-hydrogen) atoms. The second kappa shape index (κ2) is 7.88. The molecule has 2 saturated heterocycles. The number of aliphatic hydroxyl groups excluding tert-OH is 1. The summed E-state index contributed by atoms with van der Waals surface area (Å²) in [6.45, 7) is 9.05. The van der Waals surface area contributed by atoms with Crippen molar-refractivity contribution in [3.05, 3.63) is 29.9 Å². The summed E-state index contributed by atoms with van der Waals surface area (Å²) in [5.74, 6) is 0.794. The average molecular weight is 474 g/mol. The molecule has 0 aliphatic carbocycles. The smallest absolute Gasteiger partial charge is 0.410 e. The molecule has 5 heterocycles. The number of carbonyl (C=O) groups excluding carboxylic acids is 1. The first-order valence-electron chi connectivity index (χ1n) is 11.1. The molecule has 0 unspecified atom stereocenters. The van der Waals surface area contributed by atoms with Crippen molar-refractivity contribution < 1.29 is 14.6 Å². The van der Waals surface area contributed by atoms with E-state index < -0.39 is 17.8 Å². The summed E-state index contributed by atoms with van der Waals surface area (Å²) in [5, 5.41) is 15.6. The number of ether oxygens (including phenoxy) is 1. The number of anilines is 1. The molecule has 2 aliphatic rings. The summed E-state index contributed by atoms with van der Waals surface area (Å²) in [5.41, 5.74) is 1.63. The predicted octanol–water partition coefficient (Wildman–Crippen LogP) is 3.00. The van der Waals surface area contributed by atoms with Crippen LogP contribution in [0.25, 0.3) is 16.9 Å². The van der Waals surface area contributed by atoms with Gasteiger partial charge in [0.2, 0.25) is 0 Å². The second-order valence-corrected chi connectivity index (χ2v) is 10.2. The fourth-order valence-corrected chi connectivity index (χ4v) is 4.44. The molecule has 1 amide bonds. The molecule has 3 aromatic rings. The summed E-state index contributed by atoms with van der Waals surface area (Å²) < 4.78 is 8.97. The third kappa shape index (κ3) is 4.02. The lowest BCUT2D eigenvalue weighted by Crippen LogP contribution is -2.46. The van der Waals surface area contributed by atoms with E-state index in [-0.39, 0.29) is 12.6 Å². The van der Waals surface area contributed by atoms with E-state index in [0.717, 1.165) is 30.0 Å². The first-order valence-corrected chi connectivity index (χ1v) is 11.5. The Morgan fingerprint density at radius 3 is 2.70 bits per heavy atom. The van der Waals surface area contributed by atoms with Gasteiger partial charge in [-0.05, 0) is 34.1 Å². The molecule has 2 fully saturated rings. The van der Waals surface area contributed by atoms with E-state index in [4.69, 9.17) is 21.3 Å². The number of hydrogen-bond acceptors (Lipinski definition) is 7. The van der Waals surface area contributed by atoms with Crippen LogP contribution in [0.1, 0.15) is 40.2 Å². The number of aliphatic hydroxyl groups is 1. The minimum Gasteiger partial charge on any atom is -0.444 e. The van der Waals surface area contributed by atoms with Gasteiger partial charge in [-0.2, -0.15) is 5.10 Å². The molecule has 1 N–H and O–H groups in total. The van der Waals surface area contributed by atoms with E-state index in [0.29, 0.717) is 23.4 Å². The number of carbonyl (C=O) groups is 1. The molecule has 0 bridgehead atoms. The summed E-state index contributed by atoms with van der Waals surface area (Å²) in [4.78, 5) is 25.5. The molecular formula is C22H28ClN7O3. The Labute approximate surface area is 196 Å². The number of nitrogens with zero attached hydrogens (tertiary/aromatic N) is 7. The van der Waals surface area contributed by atoms with Crippen LogP contribution < -0.4 is 4.90 Å². The van der Waals surface area contributed by atoms with Gasteiger partial charge in [0.05, 0.1) is 36.8 Å². The number of hydrogen-bond donors (Lipinski definition) is 1. The third-order valence-corrected chi connectivity index (χ3v) is 6.45. The maximum Gasteiger partial charge on any atom is 0.410 e. The van der Waals surface area contributed by atoms with E-state index in [1.807, 2.05) is 37.6 Å². The van der Waals surface area contributed by atoms with E-state index in [1.54, 1.807) is 17.1 Å². The van der Waals surface area contributed by atoms with E-state index in [9.17, 15) is 9.90 Å². The maximum absolute atomic E-state index is 12.4. The zero-order valence-electron chi connectivity index (χ0n) is 19.1. The number of imidazole rings is 1. The SMILES string of the molecule is C[C@H]1CCN1c1nc(-c2cnn([C@@H]3CN(C(=O)OC(C)(C)C)C[C@H]3O)c2)cn2c(Cl)cnc12. The first kappa shape index (κ1) is 22.0. The molecule has 0 radical (unpaired) electrons. The molecule has 11 heteroatoms. The highest BCUT2D eigenvalue weighted by Crippen LogP contribution is 2.32. The van der Waals surface area contributed by atoms with Crippen LogP contribution in [0, 0.1) is 0 Å². The fourth-order valence-electron chi connectivity index (χ4n) is 4.26. The van der Waals surface area contributed by atoms with Gasteiger partial charge in [-0.25, -0.2) is 14.8 Å². The number of halogens is 1. The Kier molecular flexibility index (Phi) is 5.24. The zero-order chi connectivity index (χ0) is 23.5. The summed E-state index contributed by atoms with van der Waals surface area (Å²) in [7, 11) is 0. The van der Waals surface area contributed by atoms with Crippen LogP contribution in [-0.4, -0.2) is 77.6 Å². The number of fused-ring (bicyclic) bond motifs is 1. The fraction of sp³-hybridized carbons (Fsp3) is 0.545. The number of likely N-dealkylation sites (tertiary alicyclic amines) is 1. The Morgan fingerprint density at radius 2 is 2.03 bits per heavy atom. The van der Waals surface area contributed by atoms with Crippen molar-refractivity contribution in [3.63, 3.8) is 0 Å². The van der Waals surface area contributed by atoms with Gasteiger partial charge in [-0.15, -0.1) is 0 Å². The number of rotatable bonds is 3. The summed E-state index contributed by atoms with van der Waals surface area (Å²) >= 11 is 6.38. The second-order valence-electron chi connectivity index (χ2n) is 9.78. The Morgan fingerprint density at radius 1 is 1.24 bits per heavy atom. The van der Waals surface area contributed by atoms with Crippen LogP contribution in [0.5, 0.6) is 0 Å². The first-order chi connectivity index (χ1) is 15.6. The number of amides is 1. The van der Waals surface area contributed by atoms with Gasteiger partial charge < -0.3 is 19.6 Å². The van der Waals surface area contributed by atoms with Crippen molar-refractivity contribution in [1.82, 2.24) is 29.0 Å². The number of aromatic nitrogens is 5. The normalized spacial score (nSPS) is 23.3. The van der Waals surface area contributed by atoms with Crippen LogP contribution in [0.15, 0.2) is 24.8 Å². The van der Waals surface area contributed by atoms with Gasteiger partial charge in [-0.1, -0.05) is 11.6 Å². The van der Waals surface area contributed by atoms with E-state index in [2.05, 4.69) is 21.9 Å². The molecule has 3 atom stereocenters. The van der Waals surface area contributed by atoms with Crippen molar-refractivity contribution in [2.45, 2.75) is 57.9 Å². The van der Waals surface area contributed by atoms with Crippen molar-refractivity contribution in [2.24, 2.45) is 0 Å². The molecule has 2 aliphatic heterocycles. The van der Waals surface area contributed by atoms with Crippen LogP contribution in [0.3, 0.4) is 0 Å². The van der Waals surface area contributed by atoms with Crippen LogP contribution >= 0.6 is 11.6 Å². The van der Waals surface area contributed by atoms with Gasteiger partial charge in [0.25, 0.3) is 0 Å².